The SMILES string of the molecule is Cc1ccc(Nc2nc3c(c(=O)[nH]2)CSC3)cc1C. The van der Waals surface area contributed by atoms with Gasteiger partial charge in [-0.05, 0) is 37.1 Å². The maximum absolute atomic E-state index is 11.9. The summed E-state index contributed by atoms with van der Waals surface area (Å²) in [4.78, 5) is 19.2. The minimum atomic E-state index is -0.0265. The Labute approximate surface area is 115 Å². The number of H-pyrrole nitrogens is 1. The van der Waals surface area contributed by atoms with Crippen molar-refractivity contribution in [2.45, 2.75) is 25.4 Å². The van der Waals surface area contributed by atoms with E-state index in [0.29, 0.717) is 5.95 Å². The predicted octanol–water partition coefficient (Wildman–Crippen LogP) is 2.88. The van der Waals surface area contributed by atoms with Crippen LogP contribution in [0.1, 0.15) is 22.4 Å². The maximum Gasteiger partial charge on any atom is 0.256 e. The standard InChI is InChI=1S/C14H15N3OS/c1-8-3-4-10(5-9(8)2)15-14-16-12-7-19-6-11(12)13(18)17-14/h3-5H,6-7H2,1-2H3,(H2,15,16,17,18). The highest BCUT2D eigenvalue weighted by molar-refractivity contribution is 7.98. The van der Waals surface area contributed by atoms with Crippen molar-refractivity contribution >= 4 is 23.4 Å². The summed E-state index contributed by atoms with van der Waals surface area (Å²) in [5, 5.41) is 3.17. The predicted molar refractivity (Wildman–Crippen MR) is 79.1 cm³/mol. The Morgan fingerprint density at radius 2 is 2.11 bits per heavy atom. The number of hydrogen-bond acceptors (Lipinski definition) is 4. The van der Waals surface area contributed by atoms with E-state index in [9.17, 15) is 4.79 Å². The van der Waals surface area contributed by atoms with Gasteiger partial charge in [-0.15, -0.1) is 0 Å². The molecule has 0 unspecified atom stereocenters. The van der Waals surface area contributed by atoms with Crippen LogP contribution in [0.2, 0.25) is 0 Å². The second kappa shape index (κ2) is 4.74. The van der Waals surface area contributed by atoms with E-state index in [0.717, 1.165) is 28.5 Å². The first kappa shape index (κ1) is 12.3. The lowest BCUT2D eigenvalue weighted by Crippen LogP contribution is -2.16. The van der Waals surface area contributed by atoms with Crippen molar-refractivity contribution in [1.29, 1.82) is 0 Å². The van der Waals surface area contributed by atoms with E-state index in [1.165, 1.54) is 11.1 Å². The molecule has 0 saturated carbocycles. The van der Waals surface area contributed by atoms with Gasteiger partial charge in [0.1, 0.15) is 0 Å². The molecule has 0 saturated heterocycles. The highest BCUT2D eigenvalue weighted by Gasteiger charge is 2.17. The van der Waals surface area contributed by atoms with Gasteiger partial charge in [0.05, 0.1) is 5.69 Å². The summed E-state index contributed by atoms with van der Waals surface area (Å²) < 4.78 is 0. The molecule has 1 aliphatic rings. The summed E-state index contributed by atoms with van der Waals surface area (Å²) in [6, 6.07) is 6.10. The molecule has 19 heavy (non-hydrogen) atoms. The molecule has 1 aromatic heterocycles. The maximum atomic E-state index is 11.9. The Bertz CT molecular complexity index is 694. The third kappa shape index (κ3) is 2.38. The number of anilines is 2. The van der Waals surface area contributed by atoms with E-state index in [1.807, 2.05) is 6.07 Å². The number of aromatic amines is 1. The largest absolute Gasteiger partial charge is 0.326 e. The second-order valence-corrected chi connectivity index (χ2v) is 5.74. The smallest absolute Gasteiger partial charge is 0.256 e. The van der Waals surface area contributed by atoms with Crippen molar-refractivity contribution in [2.24, 2.45) is 0 Å². The first-order valence-electron chi connectivity index (χ1n) is 6.17. The molecule has 3 rings (SSSR count). The summed E-state index contributed by atoms with van der Waals surface area (Å²) in [5.74, 6) is 2.11. The number of nitrogens with one attached hydrogen (secondary N) is 2. The fraction of sp³-hybridized carbons (Fsp3) is 0.286. The topological polar surface area (TPSA) is 57.8 Å². The van der Waals surface area contributed by atoms with Crippen LogP contribution >= 0.6 is 11.8 Å². The third-order valence-corrected chi connectivity index (χ3v) is 4.33. The molecule has 0 fully saturated rings. The van der Waals surface area contributed by atoms with Gasteiger partial charge in [-0.1, -0.05) is 6.07 Å². The molecular weight excluding hydrogens is 258 g/mol. The molecule has 2 aromatic rings. The molecule has 4 nitrogen and oxygen atoms in total. The monoisotopic (exact) mass is 273 g/mol. The number of aryl methyl sites for hydroxylation is 2. The highest BCUT2D eigenvalue weighted by atomic mass is 32.2. The van der Waals surface area contributed by atoms with Gasteiger partial charge in [0.25, 0.3) is 5.56 Å². The lowest BCUT2D eigenvalue weighted by atomic mass is 10.1. The fourth-order valence-corrected chi connectivity index (χ4v) is 3.11. The van der Waals surface area contributed by atoms with Gasteiger partial charge in [0, 0.05) is 22.8 Å². The molecular formula is C14H15N3OS. The van der Waals surface area contributed by atoms with E-state index < -0.39 is 0 Å². The Hall–Kier alpha value is -1.75. The zero-order valence-corrected chi connectivity index (χ0v) is 11.7. The van der Waals surface area contributed by atoms with Gasteiger partial charge in [0.15, 0.2) is 0 Å². The van der Waals surface area contributed by atoms with Crippen LogP contribution in [0.3, 0.4) is 0 Å². The lowest BCUT2D eigenvalue weighted by Gasteiger charge is -2.08. The van der Waals surface area contributed by atoms with Crippen LogP contribution < -0.4 is 10.9 Å². The van der Waals surface area contributed by atoms with Crippen LogP contribution in [0.15, 0.2) is 23.0 Å². The van der Waals surface area contributed by atoms with E-state index >= 15 is 0 Å². The Balaban J connectivity index is 1.93. The van der Waals surface area contributed by atoms with Crippen LogP contribution in [-0.2, 0) is 11.5 Å². The van der Waals surface area contributed by atoms with Crippen molar-refractivity contribution in [1.82, 2.24) is 9.97 Å². The molecule has 98 valence electrons. The molecule has 0 amide bonds. The number of rotatable bonds is 2. The van der Waals surface area contributed by atoms with Crippen molar-refractivity contribution in [3.63, 3.8) is 0 Å². The molecule has 2 N–H and O–H groups in total. The number of hydrogen-bond donors (Lipinski definition) is 2. The van der Waals surface area contributed by atoms with E-state index in [-0.39, 0.29) is 5.56 Å². The van der Waals surface area contributed by atoms with Gasteiger partial charge in [-0.2, -0.15) is 11.8 Å². The summed E-state index contributed by atoms with van der Waals surface area (Å²) in [6.45, 7) is 4.14. The second-order valence-electron chi connectivity index (χ2n) is 4.76. The molecule has 0 bridgehead atoms. The van der Waals surface area contributed by atoms with E-state index in [4.69, 9.17) is 0 Å². The summed E-state index contributed by atoms with van der Waals surface area (Å²) in [7, 11) is 0. The fourth-order valence-electron chi connectivity index (χ4n) is 2.08. The Morgan fingerprint density at radius 1 is 1.26 bits per heavy atom. The lowest BCUT2D eigenvalue weighted by molar-refractivity contribution is 1.03. The molecule has 0 atom stereocenters. The van der Waals surface area contributed by atoms with Crippen LogP contribution in [0.5, 0.6) is 0 Å². The highest BCUT2D eigenvalue weighted by Crippen LogP contribution is 2.26. The minimum Gasteiger partial charge on any atom is -0.326 e. The summed E-state index contributed by atoms with van der Waals surface area (Å²) in [5.41, 5.74) is 5.09. The number of fused-ring (bicyclic) bond motifs is 1. The number of benzene rings is 1. The van der Waals surface area contributed by atoms with Gasteiger partial charge in [0.2, 0.25) is 5.95 Å². The Morgan fingerprint density at radius 3 is 2.89 bits per heavy atom. The average Bonchev–Trinajstić information content (AvgIpc) is 2.82. The molecule has 1 aromatic carbocycles. The van der Waals surface area contributed by atoms with Crippen LogP contribution in [0.25, 0.3) is 0 Å². The molecule has 2 heterocycles. The normalized spacial score (nSPS) is 13.4. The number of nitrogens with zero attached hydrogens (tertiary/aromatic N) is 1. The van der Waals surface area contributed by atoms with Gasteiger partial charge in [-0.3, -0.25) is 9.78 Å². The zero-order valence-electron chi connectivity index (χ0n) is 10.9. The Kier molecular flexibility index (Phi) is 3.06. The molecule has 0 aliphatic carbocycles. The van der Waals surface area contributed by atoms with Gasteiger partial charge in [-0.25, -0.2) is 4.98 Å². The molecule has 0 radical (unpaired) electrons. The van der Waals surface area contributed by atoms with Crippen LogP contribution in [0, 0.1) is 13.8 Å². The third-order valence-electron chi connectivity index (χ3n) is 3.36. The quantitative estimate of drug-likeness (QED) is 0.883. The van der Waals surface area contributed by atoms with Crippen molar-refractivity contribution in [2.75, 3.05) is 5.32 Å². The molecule has 0 spiro atoms. The van der Waals surface area contributed by atoms with E-state index in [1.54, 1.807) is 11.8 Å². The molecule has 5 heteroatoms. The van der Waals surface area contributed by atoms with Crippen molar-refractivity contribution < 1.29 is 0 Å². The van der Waals surface area contributed by atoms with Crippen LogP contribution in [0.4, 0.5) is 11.6 Å². The van der Waals surface area contributed by atoms with Crippen LogP contribution in [-0.4, -0.2) is 9.97 Å². The zero-order chi connectivity index (χ0) is 13.4. The first-order chi connectivity index (χ1) is 9.13. The minimum absolute atomic E-state index is 0.0265. The van der Waals surface area contributed by atoms with Crippen molar-refractivity contribution in [3.05, 3.63) is 50.9 Å². The number of thioether (sulfide) groups is 1. The van der Waals surface area contributed by atoms with Gasteiger partial charge >= 0.3 is 0 Å². The summed E-state index contributed by atoms with van der Waals surface area (Å²) in [6.07, 6.45) is 0. The van der Waals surface area contributed by atoms with Gasteiger partial charge < -0.3 is 5.32 Å². The van der Waals surface area contributed by atoms with Crippen molar-refractivity contribution in [3.8, 4) is 0 Å². The van der Waals surface area contributed by atoms with E-state index in [2.05, 4.69) is 41.3 Å². The molecule has 1 aliphatic heterocycles. The summed E-state index contributed by atoms with van der Waals surface area (Å²) >= 11 is 1.73. The first-order valence-corrected chi connectivity index (χ1v) is 7.33. The number of aromatic nitrogens is 2. The average molecular weight is 273 g/mol.